The van der Waals surface area contributed by atoms with Gasteiger partial charge in [0, 0.05) is 19.5 Å². The quantitative estimate of drug-likeness (QED) is 0.741. The Hall–Kier alpha value is -2.74. The van der Waals surface area contributed by atoms with Crippen LogP contribution in [0.25, 0.3) is 11.0 Å². The molecule has 3 heterocycles. The fourth-order valence-corrected chi connectivity index (χ4v) is 2.91. The van der Waals surface area contributed by atoms with Gasteiger partial charge in [-0.3, -0.25) is 9.69 Å². The molecule has 0 fully saturated rings. The average molecular weight is 299 g/mol. The van der Waals surface area contributed by atoms with Crippen LogP contribution in [0, 0.1) is 0 Å². The van der Waals surface area contributed by atoms with Crippen molar-refractivity contribution >= 4 is 17.0 Å². The maximum absolute atomic E-state index is 11.6. The van der Waals surface area contributed by atoms with E-state index < -0.39 is 12.0 Å². The summed E-state index contributed by atoms with van der Waals surface area (Å²) in [6.07, 6.45) is 2.00. The van der Waals surface area contributed by atoms with Gasteiger partial charge in [-0.2, -0.15) is 0 Å². The first-order chi connectivity index (χ1) is 10.7. The van der Waals surface area contributed by atoms with Crippen LogP contribution in [0.3, 0.4) is 0 Å². The first-order valence-electron chi connectivity index (χ1n) is 6.90. The van der Waals surface area contributed by atoms with Crippen LogP contribution in [-0.2, 0) is 24.3 Å². The molecule has 8 heteroatoms. The van der Waals surface area contributed by atoms with Gasteiger partial charge in [-0.15, -0.1) is 0 Å². The molecule has 3 aromatic rings. The number of aliphatic carboxylic acids is 1. The van der Waals surface area contributed by atoms with Gasteiger partial charge in [-0.05, 0) is 21.9 Å². The number of nitrogens with zero attached hydrogens (tertiary/aromatic N) is 4. The summed E-state index contributed by atoms with van der Waals surface area (Å²) in [7, 11) is 0. The highest BCUT2D eigenvalue weighted by Gasteiger charge is 2.33. The summed E-state index contributed by atoms with van der Waals surface area (Å²) in [5, 5.41) is 17.2. The number of nitrogens with one attached hydrogen (secondary N) is 1. The van der Waals surface area contributed by atoms with Gasteiger partial charge in [0.15, 0.2) is 0 Å². The third kappa shape index (κ3) is 2.04. The molecule has 1 unspecified atom stereocenters. The lowest BCUT2D eigenvalue weighted by molar-refractivity contribution is -0.144. The summed E-state index contributed by atoms with van der Waals surface area (Å²) >= 11 is 0. The first-order valence-corrected chi connectivity index (χ1v) is 6.90. The second-order valence-corrected chi connectivity index (χ2v) is 5.34. The third-order valence-corrected chi connectivity index (χ3v) is 4.02. The Balaban J connectivity index is 1.68. The number of imidazole rings is 1. The van der Waals surface area contributed by atoms with E-state index in [1.54, 1.807) is 6.33 Å². The number of carboxylic acid groups (broad SMARTS) is 1. The molecule has 1 aliphatic rings. The molecule has 1 aliphatic heterocycles. The lowest BCUT2D eigenvalue weighted by Crippen LogP contribution is -2.45. The van der Waals surface area contributed by atoms with Crippen LogP contribution in [0.5, 0.6) is 0 Å². The van der Waals surface area contributed by atoms with Crippen molar-refractivity contribution in [3.63, 3.8) is 0 Å². The predicted molar refractivity (Wildman–Crippen MR) is 74.8 cm³/mol. The van der Waals surface area contributed by atoms with Gasteiger partial charge >= 0.3 is 5.97 Å². The summed E-state index contributed by atoms with van der Waals surface area (Å²) in [5.41, 5.74) is 4.02. The zero-order valence-corrected chi connectivity index (χ0v) is 11.6. The largest absolute Gasteiger partial charge is 0.480 e. The van der Waals surface area contributed by atoms with Crippen molar-refractivity contribution in [3.05, 3.63) is 41.5 Å². The van der Waals surface area contributed by atoms with Crippen molar-refractivity contribution < 1.29 is 14.5 Å². The standard InChI is InChI=1S/C14H13N5O3/c20-14(21)12-4-10-11(16-7-15-10)6-19(12)5-8-2-1-3-9-13(8)18-22-17-9/h1-3,7,12H,4-6H2,(H,15,16)(H,20,21). The van der Waals surface area contributed by atoms with Crippen molar-refractivity contribution in [2.24, 2.45) is 0 Å². The van der Waals surface area contributed by atoms with Crippen LogP contribution >= 0.6 is 0 Å². The number of fused-ring (bicyclic) bond motifs is 2. The predicted octanol–water partition coefficient (Wildman–Crippen LogP) is 0.957. The Morgan fingerprint density at radius 3 is 3.23 bits per heavy atom. The number of hydrogen-bond donors (Lipinski definition) is 2. The second-order valence-electron chi connectivity index (χ2n) is 5.34. The average Bonchev–Trinajstić information content (AvgIpc) is 3.14. The van der Waals surface area contributed by atoms with Crippen molar-refractivity contribution in [2.45, 2.75) is 25.6 Å². The minimum absolute atomic E-state index is 0.390. The van der Waals surface area contributed by atoms with Gasteiger partial charge in [0.2, 0.25) is 0 Å². The van der Waals surface area contributed by atoms with E-state index >= 15 is 0 Å². The number of benzene rings is 1. The second kappa shape index (κ2) is 4.92. The van der Waals surface area contributed by atoms with E-state index in [2.05, 4.69) is 20.3 Å². The highest BCUT2D eigenvalue weighted by molar-refractivity contribution is 5.77. The molecule has 1 atom stereocenters. The number of carboxylic acids is 1. The molecular weight excluding hydrogens is 286 g/mol. The molecular formula is C14H13N5O3. The molecule has 22 heavy (non-hydrogen) atoms. The summed E-state index contributed by atoms with van der Waals surface area (Å²) in [6.45, 7) is 0.967. The van der Waals surface area contributed by atoms with Crippen LogP contribution in [0.4, 0.5) is 0 Å². The van der Waals surface area contributed by atoms with E-state index in [0.717, 1.165) is 17.0 Å². The monoisotopic (exact) mass is 299 g/mol. The third-order valence-electron chi connectivity index (χ3n) is 4.02. The molecule has 0 amide bonds. The van der Waals surface area contributed by atoms with Gasteiger partial charge in [0.25, 0.3) is 0 Å². The number of aromatic amines is 1. The molecule has 0 saturated heterocycles. The van der Waals surface area contributed by atoms with Crippen molar-refractivity contribution in [3.8, 4) is 0 Å². The summed E-state index contributed by atoms with van der Waals surface area (Å²) in [4.78, 5) is 20.7. The molecule has 112 valence electrons. The van der Waals surface area contributed by atoms with Gasteiger partial charge < -0.3 is 10.1 Å². The zero-order chi connectivity index (χ0) is 15.1. The fourth-order valence-electron chi connectivity index (χ4n) is 2.91. The van der Waals surface area contributed by atoms with Crippen molar-refractivity contribution in [1.82, 2.24) is 25.2 Å². The maximum atomic E-state index is 11.6. The maximum Gasteiger partial charge on any atom is 0.321 e. The molecule has 0 radical (unpaired) electrons. The van der Waals surface area contributed by atoms with E-state index in [1.165, 1.54) is 0 Å². The van der Waals surface area contributed by atoms with Gasteiger partial charge in [-0.1, -0.05) is 12.1 Å². The Morgan fingerprint density at radius 1 is 1.45 bits per heavy atom. The SMILES string of the molecule is O=C(O)C1Cc2nc[nH]c2CN1Cc1cccc2nonc12. The molecule has 8 nitrogen and oxygen atoms in total. The summed E-state index contributed by atoms with van der Waals surface area (Å²) in [5.74, 6) is -0.848. The van der Waals surface area contributed by atoms with Crippen molar-refractivity contribution in [1.29, 1.82) is 0 Å². The number of rotatable bonds is 3. The molecule has 0 aliphatic carbocycles. The van der Waals surface area contributed by atoms with Gasteiger partial charge in [0.05, 0.1) is 17.7 Å². The van der Waals surface area contributed by atoms with Gasteiger partial charge in [-0.25, -0.2) is 9.61 Å². The van der Waals surface area contributed by atoms with E-state index in [9.17, 15) is 9.90 Å². The number of H-pyrrole nitrogens is 1. The zero-order valence-electron chi connectivity index (χ0n) is 11.6. The van der Waals surface area contributed by atoms with Crippen LogP contribution < -0.4 is 0 Å². The summed E-state index contributed by atoms with van der Waals surface area (Å²) in [6, 6.07) is 4.98. The van der Waals surface area contributed by atoms with Gasteiger partial charge in [0.1, 0.15) is 17.1 Å². The smallest absolute Gasteiger partial charge is 0.321 e. The molecule has 1 aromatic carbocycles. The van der Waals surface area contributed by atoms with Crippen LogP contribution in [0.1, 0.15) is 17.0 Å². The molecule has 4 rings (SSSR count). The minimum Gasteiger partial charge on any atom is -0.480 e. The highest BCUT2D eigenvalue weighted by Crippen LogP contribution is 2.25. The Kier molecular flexibility index (Phi) is 2.90. The van der Waals surface area contributed by atoms with Crippen molar-refractivity contribution in [2.75, 3.05) is 0 Å². The van der Waals surface area contributed by atoms with Crippen LogP contribution in [-0.4, -0.2) is 42.3 Å². The normalized spacial score (nSPS) is 18.5. The minimum atomic E-state index is -0.848. The fraction of sp³-hybridized carbons (Fsp3) is 0.286. The molecule has 2 N–H and O–H groups in total. The Morgan fingerprint density at radius 2 is 2.36 bits per heavy atom. The summed E-state index contributed by atoms with van der Waals surface area (Å²) < 4.78 is 4.76. The first kappa shape index (κ1) is 13.0. The Labute approximate surface area is 124 Å². The molecule has 2 aromatic heterocycles. The highest BCUT2D eigenvalue weighted by atomic mass is 16.6. The molecule has 0 bridgehead atoms. The van der Waals surface area contributed by atoms with E-state index in [0.29, 0.717) is 30.5 Å². The van der Waals surface area contributed by atoms with E-state index in [-0.39, 0.29) is 0 Å². The number of hydrogen-bond acceptors (Lipinski definition) is 6. The lowest BCUT2D eigenvalue weighted by atomic mass is 10.0. The van der Waals surface area contributed by atoms with Crippen LogP contribution in [0.2, 0.25) is 0 Å². The topological polar surface area (TPSA) is 108 Å². The van der Waals surface area contributed by atoms with E-state index in [1.807, 2.05) is 23.1 Å². The number of aromatic nitrogens is 4. The number of carbonyl (C=O) groups is 1. The van der Waals surface area contributed by atoms with Crippen LogP contribution in [0.15, 0.2) is 29.2 Å². The molecule has 0 spiro atoms. The lowest BCUT2D eigenvalue weighted by Gasteiger charge is -2.32. The Bertz CT molecular complexity index is 840. The molecule has 0 saturated carbocycles. The van der Waals surface area contributed by atoms with E-state index in [4.69, 9.17) is 4.63 Å².